The Morgan fingerprint density at radius 1 is 0.640 bits per heavy atom. The fraction of sp³-hybridized carbons (Fsp3) is 0.250. The highest BCUT2D eigenvalue weighted by molar-refractivity contribution is 5.94. The lowest BCUT2D eigenvalue weighted by atomic mass is 9.71. The molecule has 3 aromatic carbocycles. The van der Waals surface area contributed by atoms with Crippen molar-refractivity contribution < 1.29 is 0 Å². The summed E-state index contributed by atoms with van der Waals surface area (Å²) in [7, 11) is 0. The summed E-state index contributed by atoms with van der Waals surface area (Å²) in [5, 5.41) is 1.37. The summed E-state index contributed by atoms with van der Waals surface area (Å²) in [5.41, 5.74) is 15.6. The Morgan fingerprint density at radius 2 is 1.46 bits per heavy atom. The van der Waals surface area contributed by atoms with Crippen LogP contribution in [-0.2, 0) is 0 Å². The number of benzene rings is 3. The molecule has 0 fully saturated rings. The molecule has 1 aliphatic heterocycles. The van der Waals surface area contributed by atoms with E-state index in [0.29, 0.717) is 17.9 Å². The summed E-state index contributed by atoms with van der Waals surface area (Å²) >= 11 is 0. The van der Waals surface area contributed by atoms with Crippen LogP contribution in [0.15, 0.2) is 156 Å². The van der Waals surface area contributed by atoms with Gasteiger partial charge in [-0.1, -0.05) is 121 Å². The first-order valence-corrected chi connectivity index (χ1v) is 19.0. The van der Waals surface area contributed by atoms with E-state index in [2.05, 4.69) is 155 Å². The predicted molar refractivity (Wildman–Crippen MR) is 210 cm³/mol. The Bertz CT molecular complexity index is 2260. The lowest BCUT2D eigenvalue weighted by molar-refractivity contribution is 0.606. The van der Waals surface area contributed by atoms with E-state index in [0.717, 1.165) is 32.1 Å². The number of para-hydroxylation sites is 3. The average Bonchev–Trinajstić information content (AvgIpc) is 3.47. The fourth-order valence-corrected chi connectivity index (χ4v) is 9.96. The van der Waals surface area contributed by atoms with E-state index in [9.17, 15) is 0 Å². The number of rotatable bonds is 4. The van der Waals surface area contributed by atoms with E-state index in [-0.39, 0.29) is 5.92 Å². The number of aromatic nitrogens is 1. The Morgan fingerprint density at radius 3 is 2.34 bits per heavy atom. The fourth-order valence-electron chi connectivity index (χ4n) is 9.96. The quantitative estimate of drug-likeness (QED) is 0.200. The molecule has 2 heteroatoms. The van der Waals surface area contributed by atoms with Crippen molar-refractivity contribution >= 4 is 28.2 Å². The van der Waals surface area contributed by atoms with Crippen LogP contribution in [0.5, 0.6) is 0 Å². The summed E-state index contributed by atoms with van der Waals surface area (Å²) in [6.07, 6.45) is 37.9. The zero-order valence-corrected chi connectivity index (χ0v) is 28.7. The van der Waals surface area contributed by atoms with Crippen molar-refractivity contribution in [3.8, 4) is 5.69 Å². The van der Waals surface area contributed by atoms with Crippen molar-refractivity contribution in [2.45, 2.75) is 63.3 Å². The topological polar surface area (TPSA) is 8.17 Å². The Balaban J connectivity index is 1.22. The van der Waals surface area contributed by atoms with Gasteiger partial charge in [-0.25, -0.2) is 0 Å². The Kier molecular flexibility index (Phi) is 7.36. The molecule has 0 spiro atoms. The first kappa shape index (κ1) is 29.8. The lowest BCUT2D eigenvalue weighted by Gasteiger charge is -2.36. The number of allylic oxidation sites excluding steroid dienone is 13. The van der Waals surface area contributed by atoms with Crippen molar-refractivity contribution in [3.63, 3.8) is 0 Å². The first-order chi connectivity index (χ1) is 24.9. The van der Waals surface area contributed by atoms with Crippen LogP contribution in [0.4, 0.5) is 5.69 Å². The summed E-state index contributed by atoms with van der Waals surface area (Å²) in [6.45, 7) is 0. The highest BCUT2D eigenvalue weighted by atomic mass is 15.2. The van der Waals surface area contributed by atoms with Crippen molar-refractivity contribution in [2.75, 3.05) is 4.90 Å². The average molecular weight is 649 g/mol. The van der Waals surface area contributed by atoms with E-state index < -0.39 is 0 Å². The maximum Gasteiger partial charge on any atom is 0.0540 e. The molecule has 0 radical (unpaired) electrons. The number of anilines is 1. The molecule has 0 saturated heterocycles. The highest BCUT2D eigenvalue weighted by Gasteiger charge is 2.41. The zero-order valence-electron chi connectivity index (χ0n) is 28.7. The molecule has 0 N–H and O–H groups in total. The van der Waals surface area contributed by atoms with Crippen molar-refractivity contribution in [1.82, 2.24) is 4.57 Å². The second-order valence-corrected chi connectivity index (χ2v) is 14.8. The van der Waals surface area contributed by atoms with Crippen LogP contribution in [0.3, 0.4) is 0 Å². The highest BCUT2D eigenvalue weighted by Crippen LogP contribution is 2.55. The molecule has 1 aromatic heterocycles. The minimum Gasteiger partial charge on any atom is -0.334 e. The number of nitrogens with zero attached hydrogens (tertiary/aromatic N) is 2. The van der Waals surface area contributed by atoms with E-state index >= 15 is 0 Å². The molecule has 2 nitrogen and oxygen atoms in total. The van der Waals surface area contributed by atoms with E-state index in [4.69, 9.17) is 0 Å². The van der Waals surface area contributed by atoms with Gasteiger partial charge in [-0.2, -0.15) is 0 Å². The van der Waals surface area contributed by atoms with Gasteiger partial charge in [0, 0.05) is 40.1 Å². The first-order valence-electron chi connectivity index (χ1n) is 19.0. The number of hydrogen-bond acceptors (Lipinski definition) is 1. The molecular formula is C48H44N2. The Hall–Kier alpha value is -5.08. The van der Waals surface area contributed by atoms with Crippen LogP contribution in [0.25, 0.3) is 28.2 Å². The van der Waals surface area contributed by atoms with Crippen LogP contribution < -0.4 is 4.90 Å². The van der Waals surface area contributed by atoms with Gasteiger partial charge in [0.15, 0.2) is 0 Å². The normalized spacial score (nSPS) is 25.1. The van der Waals surface area contributed by atoms with Crippen molar-refractivity contribution in [3.05, 3.63) is 179 Å². The van der Waals surface area contributed by atoms with Gasteiger partial charge < -0.3 is 9.47 Å². The summed E-state index contributed by atoms with van der Waals surface area (Å²) in [4.78, 5) is 2.72. The van der Waals surface area contributed by atoms with E-state index in [1.54, 1.807) is 11.1 Å². The number of fused-ring (bicyclic) bond motifs is 8. The molecule has 10 rings (SSSR count). The summed E-state index contributed by atoms with van der Waals surface area (Å²) in [5.74, 6) is 1.01. The monoisotopic (exact) mass is 648 g/mol. The van der Waals surface area contributed by atoms with Gasteiger partial charge >= 0.3 is 0 Å². The number of hydrogen-bond donors (Lipinski definition) is 0. The predicted octanol–water partition coefficient (Wildman–Crippen LogP) is 12.2. The van der Waals surface area contributed by atoms with Crippen LogP contribution in [-0.4, -0.2) is 10.6 Å². The smallest absolute Gasteiger partial charge is 0.0540 e. The van der Waals surface area contributed by atoms with Crippen LogP contribution in [0, 0.1) is 11.8 Å². The molecule has 6 aliphatic rings. The van der Waals surface area contributed by atoms with Crippen molar-refractivity contribution in [2.24, 2.45) is 11.8 Å². The lowest BCUT2D eigenvalue weighted by Crippen LogP contribution is -2.35. The molecule has 4 atom stereocenters. The third kappa shape index (κ3) is 4.68. The maximum absolute atomic E-state index is 2.72. The SMILES string of the molecule is C1=CC[C@@H](C2=C(c3ccccc3-n3c4c(c5ccccc53)C3c5ccccc5N(C5C=CCCC5)C5=C(CCC=C5)C3C=C4)C=CCC2)C=C1. The second kappa shape index (κ2) is 12.4. The van der Waals surface area contributed by atoms with Gasteiger partial charge in [0.1, 0.15) is 0 Å². The van der Waals surface area contributed by atoms with Gasteiger partial charge in [0.2, 0.25) is 0 Å². The largest absolute Gasteiger partial charge is 0.334 e. The van der Waals surface area contributed by atoms with Gasteiger partial charge in [-0.3, -0.25) is 0 Å². The third-order valence-corrected chi connectivity index (χ3v) is 12.1. The van der Waals surface area contributed by atoms with Gasteiger partial charge in [-0.05, 0) is 104 Å². The zero-order chi connectivity index (χ0) is 33.0. The standard InChI is InChI=1S/C48H44N2/c1-3-17-33(18-4-1)35-21-7-8-22-36(35)37-23-9-14-28-43(37)50-45-30-16-12-26-41(45)48-46(50)32-31-39-38-24-10-13-27-42(38)49(34-19-5-2-6-20-34)44-29-15-11-25-40(44)47(39)48/h1,3-5,8-9,11-17,19,22-23,25-34,39,47H,2,6-7,10,18,20-21,24H2/t33-,34?,39?,47?/m0/s1. The minimum absolute atomic E-state index is 0.238. The molecule has 0 saturated carbocycles. The molecule has 2 heterocycles. The third-order valence-electron chi connectivity index (χ3n) is 12.1. The molecule has 50 heavy (non-hydrogen) atoms. The molecule has 0 amide bonds. The molecule has 0 bridgehead atoms. The molecule has 246 valence electrons. The van der Waals surface area contributed by atoms with Gasteiger partial charge in [0.25, 0.3) is 0 Å². The molecule has 5 aliphatic carbocycles. The van der Waals surface area contributed by atoms with Gasteiger partial charge in [-0.15, -0.1) is 0 Å². The minimum atomic E-state index is 0.238. The summed E-state index contributed by atoms with van der Waals surface area (Å²) < 4.78 is 2.60. The van der Waals surface area contributed by atoms with Crippen molar-refractivity contribution in [1.29, 1.82) is 0 Å². The van der Waals surface area contributed by atoms with Crippen LogP contribution in [0.1, 0.15) is 79.7 Å². The van der Waals surface area contributed by atoms with Crippen LogP contribution >= 0.6 is 0 Å². The molecule has 4 aromatic rings. The van der Waals surface area contributed by atoms with Crippen LogP contribution in [0.2, 0.25) is 0 Å². The van der Waals surface area contributed by atoms with Gasteiger partial charge in [0.05, 0.1) is 22.9 Å². The van der Waals surface area contributed by atoms with E-state index in [1.165, 1.54) is 75.2 Å². The maximum atomic E-state index is 2.72. The molecule has 3 unspecified atom stereocenters. The Labute approximate surface area is 296 Å². The van der Waals surface area contributed by atoms with E-state index in [1.807, 2.05) is 0 Å². The summed E-state index contributed by atoms with van der Waals surface area (Å²) in [6, 6.07) is 28.1. The second-order valence-electron chi connectivity index (χ2n) is 14.8. The molecular weight excluding hydrogens is 605 g/mol.